The molecule has 0 spiro atoms. The zero-order chi connectivity index (χ0) is 13.9. The molecule has 0 unspecified atom stereocenters. The number of hydrogen-bond acceptors (Lipinski definition) is 4. The van der Waals surface area contributed by atoms with E-state index < -0.39 is 15.8 Å². The van der Waals surface area contributed by atoms with Gasteiger partial charge in [0.25, 0.3) is 0 Å². The molecule has 1 aromatic carbocycles. The Hall–Kier alpha value is -1.60. The van der Waals surface area contributed by atoms with E-state index in [0.717, 1.165) is 5.56 Å². The van der Waals surface area contributed by atoms with E-state index in [9.17, 15) is 13.2 Å². The summed E-state index contributed by atoms with van der Waals surface area (Å²) in [4.78, 5) is 13.6. The molecule has 0 fully saturated rings. The Labute approximate surface area is 110 Å². The Morgan fingerprint density at radius 2 is 2.16 bits per heavy atom. The number of benzene rings is 1. The highest BCUT2D eigenvalue weighted by atomic mass is 32.2. The third-order valence-electron chi connectivity index (χ3n) is 2.69. The van der Waals surface area contributed by atoms with Crippen LogP contribution in [-0.2, 0) is 16.4 Å². The zero-order valence-corrected chi connectivity index (χ0v) is 11.4. The molecule has 0 saturated heterocycles. The first-order chi connectivity index (χ1) is 9.00. The molecule has 1 aromatic heterocycles. The Bertz CT molecular complexity index is 715. The van der Waals surface area contributed by atoms with Crippen molar-refractivity contribution < 1.29 is 12.8 Å². The SMILES string of the molecule is CCCS(=O)(=O)NCCc1ccc2oc(=O)[nH]c2c1. The van der Waals surface area contributed by atoms with Crippen molar-refractivity contribution >= 4 is 21.1 Å². The van der Waals surface area contributed by atoms with E-state index >= 15 is 0 Å². The van der Waals surface area contributed by atoms with E-state index in [2.05, 4.69) is 9.71 Å². The summed E-state index contributed by atoms with van der Waals surface area (Å²) in [5.74, 6) is -0.350. The van der Waals surface area contributed by atoms with E-state index in [0.29, 0.717) is 30.5 Å². The molecule has 2 aromatic rings. The lowest BCUT2D eigenvalue weighted by Crippen LogP contribution is -2.28. The van der Waals surface area contributed by atoms with Crippen LogP contribution in [0.3, 0.4) is 0 Å². The maximum atomic E-state index is 11.5. The van der Waals surface area contributed by atoms with Gasteiger partial charge in [-0.05, 0) is 30.5 Å². The zero-order valence-electron chi connectivity index (χ0n) is 10.6. The predicted octanol–water partition coefficient (Wildman–Crippen LogP) is 0.993. The first-order valence-electron chi connectivity index (χ1n) is 6.09. The number of nitrogens with one attached hydrogen (secondary N) is 2. The summed E-state index contributed by atoms with van der Waals surface area (Å²) in [6.45, 7) is 2.17. The van der Waals surface area contributed by atoms with Crippen LogP contribution in [0.1, 0.15) is 18.9 Å². The number of sulfonamides is 1. The van der Waals surface area contributed by atoms with Gasteiger partial charge in [0.15, 0.2) is 5.58 Å². The van der Waals surface area contributed by atoms with Crippen LogP contribution in [0.25, 0.3) is 11.1 Å². The molecule has 0 amide bonds. The lowest BCUT2D eigenvalue weighted by atomic mass is 10.1. The van der Waals surface area contributed by atoms with Crippen LogP contribution >= 0.6 is 0 Å². The van der Waals surface area contributed by atoms with E-state index in [1.165, 1.54) is 0 Å². The maximum absolute atomic E-state index is 11.5. The number of fused-ring (bicyclic) bond motifs is 1. The molecule has 0 bridgehead atoms. The Morgan fingerprint density at radius 1 is 1.37 bits per heavy atom. The number of oxazole rings is 1. The molecule has 7 heteroatoms. The summed E-state index contributed by atoms with van der Waals surface area (Å²) in [7, 11) is -3.17. The van der Waals surface area contributed by atoms with Crippen molar-refractivity contribution in [2.75, 3.05) is 12.3 Å². The van der Waals surface area contributed by atoms with Gasteiger partial charge in [0, 0.05) is 6.54 Å². The largest absolute Gasteiger partial charge is 0.417 e. The van der Waals surface area contributed by atoms with E-state index in [4.69, 9.17) is 4.42 Å². The average Bonchev–Trinajstić information content (AvgIpc) is 2.68. The minimum atomic E-state index is -3.17. The maximum Gasteiger partial charge on any atom is 0.417 e. The minimum absolute atomic E-state index is 0.140. The highest BCUT2D eigenvalue weighted by Gasteiger charge is 2.08. The van der Waals surface area contributed by atoms with Gasteiger partial charge in [-0.1, -0.05) is 13.0 Å². The second-order valence-electron chi connectivity index (χ2n) is 4.31. The van der Waals surface area contributed by atoms with Crippen LogP contribution in [0.2, 0.25) is 0 Å². The van der Waals surface area contributed by atoms with Crippen LogP contribution in [0.4, 0.5) is 0 Å². The first kappa shape index (κ1) is 13.8. The van der Waals surface area contributed by atoms with Gasteiger partial charge in [-0.3, -0.25) is 4.98 Å². The van der Waals surface area contributed by atoms with E-state index in [-0.39, 0.29) is 5.75 Å². The average molecular weight is 284 g/mol. The van der Waals surface area contributed by atoms with Crippen LogP contribution < -0.4 is 10.5 Å². The van der Waals surface area contributed by atoms with Crippen molar-refractivity contribution in [1.82, 2.24) is 9.71 Å². The summed E-state index contributed by atoms with van der Waals surface area (Å²) in [5.41, 5.74) is 2.06. The van der Waals surface area contributed by atoms with Crippen LogP contribution in [0.5, 0.6) is 0 Å². The Balaban J connectivity index is 2.00. The normalized spacial score (nSPS) is 12.1. The molecule has 0 radical (unpaired) electrons. The van der Waals surface area contributed by atoms with Crippen molar-refractivity contribution in [3.8, 4) is 0 Å². The third kappa shape index (κ3) is 3.68. The summed E-state index contributed by atoms with van der Waals surface area (Å²) < 4.78 is 30.4. The van der Waals surface area contributed by atoms with Gasteiger partial charge in [0.05, 0.1) is 11.3 Å². The van der Waals surface area contributed by atoms with Crippen molar-refractivity contribution in [2.45, 2.75) is 19.8 Å². The van der Waals surface area contributed by atoms with Crippen molar-refractivity contribution in [2.24, 2.45) is 0 Å². The fourth-order valence-corrected chi connectivity index (χ4v) is 2.94. The molecule has 1 heterocycles. The van der Waals surface area contributed by atoms with Crippen molar-refractivity contribution in [3.63, 3.8) is 0 Å². The number of H-pyrrole nitrogens is 1. The Kier molecular flexibility index (Phi) is 4.06. The Morgan fingerprint density at radius 3 is 2.89 bits per heavy atom. The van der Waals surface area contributed by atoms with Gasteiger partial charge in [0.1, 0.15) is 0 Å². The summed E-state index contributed by atoms with van der Waals surface area (Å²) >= 11 is 0. The molecular formula is C12H16N2O4S. The molecule has 0 atom stereocenters. The van der Waals surface area contributed by atoms with Gasteiger partial charge in [-0.25, -0.2) is 17.9 Å². The van der Waals surface area contributed by atoms with Crippen molar-refractivity contribution in [1.29, 1.82) is 0 Å². The summed E-state index contributed by atoms with van der Waals surface area (Å²) in [6, 6.07) is 5.30. The van der Waals surface area contributed by atoms with Gasteiger partial charge < -0.3 is 4.42 Å². The second kappa shape index (κ2) is 5.58. The third-order valence-corrected chi connectivity index (χ3v) is 4.28. The van der Waals surface area contributed by atoms with Crippen LogP contribution in [0.15, 0.2) is 27.4 Å². The molecular weight excluding hydrogens is 268 g/mol. The molecule has 2 N–H and O–H groups in total. The lowest BCUT2D eigenvalue weighted by molar-refractivity contribution is 0.555. The van der Waals surface area contributed by atoms with Gasteiger partial charge in [-0.2, -0.15) is 0 Å². The minimum Gasteiger partial charge on any atom is -0.408 e. The molecule has 2 rings (SSSR count). The topological polar surface area (TPSA) is 92.2 Å². The van der Waals surface area contributed by atoms with Gasteiger partial charge in [-0.15, -0.1) is 0 Å². The molecule has 104 valence electrons. The van der Waals surface area contributed by atoms with Crippen LogP contribution in [-0.4, -0.2) is 25.7 Å². The first-order valence-corrected chi connectivity index (χ1v) is 7.74. The molecule has 0 aliphatic rings. The molecule has 19 heavy (non-hydrogen) atoms. The standard InChI is InChI=1S/C12H16N2O4S/c1-2-7-19(16,17)13-6-5-9-3-4-11-10(8-9)14-12(15)18-11/h3-4,8,13H,2,5-7H2,1H3,(H,14,15). The fourth-order valence-electron chi connectivity index (χ4n) is 1.85. The molecule has 0 aliphatic heterocycles. The number of aromatic amines is 1. The number of rotatable bonds is 6. The smallest absolute Gasteiger partial charge is 0.408 e. The van der Waals surface area contributed by atoms with Crippen LogP contribution in [0, 0.1) is 0 Å². The summed E-state index contributed by atoms with van der Waals surface area (Å²) in [6.07, 6.45) is 1.16. The quantitative estimate of drug-likeness (QED) is 0.827. The number of hydrogen-bond donors (Lipinski definition) is 2. The second-order valence-corrected chi connectivity index (χ2v) is 6.23. The van der Waals surface area contributed by atoms with Gasteiger partial charge >= 0.3 is 5.76 Å². The highest BCUT2D eigenvalue weighted by Crippen LogP contribution is 2.12. The molecule has 0 saturated carbocycles. The van der Waals surface area contributed by atoms with Gasteiger partial charge in [0.2, 0.25) is 10.0 Å². The number of aromatic nitrogens is 1. The van der Waals surface area contributed by atoms with Crippen molar-refractivity contribution in [3.05, 3.63) is 34.3 Å². The highest BCUT2D eigenvalue weighted by molar-refractivity contribution is 7.89. The fraction of sp³-hybridized carbons (Fsp3) is 0.417. The summed E-state index contributed by atoms with van der Waals surface area (Å²) in [5, 5.41) is 0. The molecule has 0 aliphatic carbocycles. The monoisotopic (exact) mass is 284 g/mol. The predicted molar refractivity (Wildman–Crippen MR) is 72.6 cm³/mol. The lowest BCUT2D eigenvalue weighted by Gasteiger charge is -2.05. The van der Waals surface area contributed by atoms with E-state index in [1.807, 2.05) is 13.0 Å². The van der Waals surface area contributed by atoms with E-state index in [1.54, 1.807) is 12.1 Å². The molecule has 6 nitrogen and oxygen atoms in total.